The molecule has 0 saturated heterocycles. The quantitative estimate of drug-likeness (QED) is 0.618. The molecule has 0 spiro atoms. The van der Waals surface area contributed by atoms with E-state index < -0.39 is 37.1 Å². The molecule has 0 fully saturated rings. The van der Waals surface area contributed by atoms with Gasteiger partial charge in [-0.25, -0.2) is 0 Å². The number of rotatable bonds is 5. The summed E-state index contributed by atoms with van der Waals surface area (Å²) in [6.07, 6.45) is -8.96. The van der Waals surface area contributed by atoms with Gasteiger partial charge in [0, 0.05) is 11.6 Å². The van der Waals surface area contributed by atoms with Gasteiger partial charge in [0.05, 0.1) is 0 Å². The summed E-state index contributed by atoms with van der Waals surface area (Å²) in [5.41, 5.74) is -0.165. The van der Waals surface area contributed by atoms with Crippen LogP contribution in [0.5, 0.6) is 11.5 Å². The third kappa shape index (κ3) is 6.30. The molecular weight excluding hydrogens is 294 g/mol. The molecule has 0 aliphatic carbocycles. The Kier molecular flexibility index (Phi) is 4.85. The van der Waals surface area contributed by atoms with Gasteiger partial charge in [-0.1, -0.05) is 0 Å². The van der Waals surface area contributed by atoms with Gasteiger partial charge in [0.2, 0.25) is 0 Å². The minimum absolute atomic E-state index is 0.165. The van der Waals surface area contributed by atoms with Gasteiger partial charge in [-0.15, -0.1) is 0 Å². The Balaban J connectivity index is 2.82. The van der Waals surface area contributed by atoms with E-state index in [-0.39, 0.29) is 11.8 Å². The van der Waals surface area contributed by atoms with Crippen LogP contribution in [0.15, 0.2) is 18.2 Å². The maximum Gasteiger partial charge on any atom is 0.422 e. The molecular formula is C11H8F6O3. The molecule has 0 bridgehead atoms. The Bertz CT molecular complexity index is 430. The number of carbonyl (C=O) groups is 1. The van der Waals surface area contributed by atoms with Crippen molar-refractivity contribution in [1.29, 1.82) is 0 Å². The van der Waals surface area contributed by atoms with Gasteiger partial charge in [0.15, 0.2) is 13.2 Å². The number of hydrogen-bond donors (Lipinski definition) is 0. The molecule has 0 saturated carbocycles. The van der Waals surface area contributed by atoms with Crippen molar-refractivity contribution in [3.8, 4) is 11.5 Å². The number of benzene rings is 1. The number of halogens is 6. The second-order valence-corrected chi connectivity index (χ2v) is 3.66. The fourth-order valence-corrected chi connectivity index (χ4v) is 1.16. The highest BCUT2D eigenvalue weighted by atomic mass is 19.4. The Morgan fingerprint density at radius 3 is 1.55 bits per heavy atom. The van der Waals surface area contributed by atoms with Gasteiger partial charge >= 0.3 is 12.4 Å². The lowest BCUT2D eigenvalue weighted by Crippen LogP contribution is -2.20. The van der Waals surface area contributed by atoms with Crippen LogP contribution >= 0.6 is 0 Å². The summed E-state index contributed by atoms with van der Waals surface area (Å²) >= 11 is 0. The molecule has 0 heterocycles. The zero-order valence-electron chi connectivity index (χ0n) is 9.72. The minimum Gasteiger partial charge on any atom is -0.484 e. The molecule has 0 unspecified atom stereocenters. The number of aldehydes is 1. The second-order valence-electron chi connectivity index (χ2n) is 3.66. The molecule has 0 radical (unpaired) electrons. The summed E-state index contributed by atoms with van der Waals surface area (Å²) in [4.78, 5) is 10.6. The molecule has 0 aromatic heterocycles. The minimum atomic E-state index is -4.61. The average Bonchev–Trinajstić information content (AvgIpc) is 2.32. The van der Waals surface area contributed by atoms with Gasteiger partial charge in [0.25, 0.3) is 0 Å². The van der Waals surface area contributed by atoms with Crippen LogP contribution in [0.3, 0.4) is 0 Å². The maximum atomic E-state index is 12.0. The standard InChI is InChI=1S/C11H8F6O3/c12-10(13,14)5-19-8-1-7(4-18)2-9(3-8)20-6-11(15,16)17/h1-4H,5-6H2. The molecule has 1 aromatic carbocycles. The predicted molar refractivity (Wildman–Crippen MR) is 54.9 cm³/mol. The van der Waals surface area contributed by atoms with Gasteiger partial charge < -0.3 is 9.47 Å². The topological polar surface area (TPSA) is 35.5 Å². The van der Waals surface area contributed by atoms with Crippen LogP contribution in [-0.4, -0.2) is 31.9 Å². The van der Waals surface area contributed by atoms with Crippen LogP contribution in [0.1, 0.15) is 10.4 Å². The van der Waals surface area contributed by atoms with E-state index in [1.165, 1.54) is 0 Å². The van der Waals surface area contributed by atoms with Crippen molar-refractivity contribution < 1.29 is 40.6 Å². The Morgan fingerprint density at radius 1 is 0.850 bits per heavy atom. The van der Waals surface area contributed by atoms with Crippen molar-refractivity contribution in [2.45, 2.75) is 12.4 Å². The summed E-state index contributed by atoms with van der Waals surface area (Å²) in [5.74, 6) is -0.826. The van der Waals surface area contributed by atoms with Crippen LogP contribution in [-0.2, 0) is 0 Å². The van der Waals surface area contributed by atoms with Crippen molar-refractivity contribution in [2.75, 3.05) is 13.2 Å². The van der Waals surface area contributed by atoms with Crippen molar-refractivity contribution in [3.05, 3.63) is 23.8 Å². The van der Waals surface area contributed by atoms with E-state index in [0.29, 0.717) is 0 Å². The molecule has 0 atom stereocenters. The molecule has 0 aliphatic rings. The van der Waals surface area contributed by atoms with E-state index in [9.17, 15) is 31.1 Å². The number of hydrogen-bond acceptors (Lipinski definition) is 3. The summed E-state index contributed by atoms with van der Waals surface area (Å²) < 4.78 is 80.4. The van der Waals surface area contributed by atoms with Gasteiger partial charge in [-0.05, 0) is 12.1 Å². The maximum absolute atomic E-state index is 12.0. The van der Waals surface area contributed by atoms with Gasteiger partial charge in [-0.2, -0.15) is 26.3 Å². The third-order valence-corrected chi connectivity index (χ3v) is 1.84. The normalized spacial score (nSPS) is 12.1. The van der Waals surface area contributed by atoms with Crippen molar-refractivity contribution in [1.82, 2.24) is 0 Å². The summed E-state index contributed by atoms with van der Waals surface area (Å²) in [6.45, 7) is -3.26. The van der Waals surface area contributed by atoms with E-state index in [4.69, 9.17) is 0 Å². The number of ether oxygens (including phenoxy) is 2. The molecule has 0 aliphatic heterocycles. The second kappa shape index (κ2) is 6.02. The zero-order chi connectivity index (χ0) is 15.4. The highest BCUT2D eigenvalue weighted by molar-refractivity contribution is 5.76. The molecule has 1 aromatic rings. The first-order chi connectivity index (χ1) is 9.09. The zero-order valence-corrected chi connectivity index (χ0v) is 9.72. The summed E-state index contributed by atoms with van der Waals surface area (Å²) in [6, 6.07) is 2.75. The lowest BCUT2D eigenvalue weighted by Gasteiger charge is -2.13. The molecule has 3 nitrogen and oxygen atoms in total. The number of carbonyl (C=O) groups excluding carboxylic acids is 1. The van der Waals surface area contributed by atoms with E-state index in [1.54, 1.807) is 0 Å². The predicted octanol–water partition coefficient (Wildman–Crippen LogP) is 3.38. The van der Waals surface area contributed by atoms with Crippen LogP contribution in [0, 0.1) is 0 Å². The van der Waals surface area contributed by atoms with E-state index in [0.717, 1.165) is 18.2 Å². The summed E-state index contributed by atoms with van der Waals surface area (Å²) in [5, 5.41) is 0. The van der Waals surface area contributed by atoms with Crippen molar-refractivity contribution in [2.24, 2.45) is 0 Å². The Morgan fingerprint density at radius 2 is 1.25 bits per heavy atom. The lowest BCUT2D eigenvalue weighted by molar-refractivity contribution is -0.153. The highest BCUT2D eigenvalue weighted by Gasteiger charge is 2.29. The van der Waals surface area contributed by atoms with Crippen LogP contribution < -0.4 is 9.47 Å². The van der Waals surface area contributed by atoms with Crippen molar-refractivity contribution >= 4 is 6.29 Å². The van der Waals surface area contributed by atoms with Crippen molar-refractivity contribution in [3.63, 3.8) is 0 Å². The van der Waals surface area contributed by atoms with Crippen LogP contribution in [0.4, 0.5) is 26.3 Å². The fourth-order valence-electron chi connectivity index (χ4n) is 1.16. The monoisotopic (exact) mass is 302 g/mol. The molecule has 9 heteroatoms. The molecule has 20 heavy (non-hydrogen) atoms. The third-order valence-electron chi connectivity index (χ3n) is 1.84. The lowest BCUT2D eigenvalue weighted by atomic mass is 10.2. The SMILES string of the molecule is O=Cc1cc(OCC(F)(F)F)cc(OCC(F)(F)F)c1. The number of alkyl halides is 6. The van der Waals surface area contributed by atoms with Gasteiger partial charge in [0.1, 0.15) is 17.8 Å². The summed E-state index contributed by atoms with van der Waals surface area (Å²) in [7, 11) is 0. The molecule has 1 rings (SSSR count). The van der Waals surface area contributed by atoms with Gasteiger partial charge in [-0.3, -0.25) is 4.79 Å². The van der Waals surface area contributed by atoms with E-state index in [1.807, 2.05) is 0 Å². The smallest absolute Gasteiger partial charge is 0.422 e. The highest BCUT2D eigenvalue weighted by Crippen LogP contribution is 2.26. The van der Waals surface area contributed by atoms with Crippen LogP contribution in [0.25, 0.3) is 0 Å². The average molecular weight is 302 g/mol. The first kappa shape index (κ1) is 16.1. The molecule has 0 N–H and O–H groups in total. The van der Waals surface area contributed by atoms with E-state index in [2.05, 4.69) is 9.47 Å². The molecule has 112 valence electrons. The first-order valence-corrected chi connectivity index (χ1v) is 5.08. The van der Waals surface area contributed by atoms with E-state index >= 15 is 0 Å². The van der Waals surface area contributed by atoms with Crippen LogP contribution in [0.2, 0.25) is 0 Å². The first-order valence-electron chi connectivity index (χ1n) is 5.08. The Hall–Kier alpha value is -1.93. The molecule has 0 amide bonds. The fraction of sp³-hybridized carbons (Fsp3) is 0.364. The Labute approximate surface area is 109 Å². The largest absolute Gasteiger partial charge is 0.484 e.